The lowest BCUT2D eigenvalue weighted by atomic mass is 10.0. The second kappa shape index (κ2) is 13.1. The van der Waals surface area contributed by atoms with E-state index in [4.69, 9.17) is 9.47 Å². The summed E-state index contributed by atoms with van der Waals surface area (Å²) in [4.78, 5) is 31.6. The van der Waals surface area contributed by atoms with E-state index in [2.05, 4.69) is 28.7 Å². The molecule has 0 aliphatic rings. The highest BCUT2D eigenvalue weighted by Gasteiger charge is 2.14. The molecule has 0 heterocycles. The summed E-state index contributed by atoms with van der Waals surface area (Å²) in [5.74, 6) is -0.247. The molecular weight excluding hydrogens is 340 g/mol. The van der Waals surface area contributed by atoms with Gasteiger partial charge in [-0.3, -0.25) is 4.89 Å². The second-order valence-corrected chi connectivity index (χ2v) is 5.93. The van der Waals surface area contributed by atoms with E-state index >= 15 is 0 Å². The van der Waals surface area contributed by atoms with E-state index in [9.17, 15) is 9.59 Å². The number of benzene rings is 1. The fourth-order valence-corrected chi connectivity index (χ4v) is 2.28. The van der Waals surface area contributed by atoms with Gasteiger partial charge in [0.1, 0.15) is 6.61 Å². The van der Waals surface area contributed by atoms with E-state index < -0.39 is 12.1 Å². The molecule has 0 amide bonds. The largest absolute Gasteiger partial charge is 0.543 e. The van der Waals surface area contributed by atoms with Crippen LogP contribution < -0.4 is 0 Å². The SMILES string of the molecule is CCCCC(CC)COCCOC(=O)OOOC(=O)c1ccccc1C. The van der Waals surface area contributed by atoms with Gasteiger partial charge in [0.15, 0.2) is 0 Å². The highest BCUT2D eigenvalue weighted by molar-refractivity contribution is 5.90. The fourth-order valence-electron chi connectivity index (χ4n) is 2.28. The van der Waals surface area contributed by atoms with Gasteiger partial charge in [-0.1, -0.05) is 51.3 Å². The van der Waals surface area contributed by atoms with Gasteiger partial charge in [-0.15, -0.1) is 0 Å². The van der Waals surface area contributed by atoms with Gasteiger partial charge in [-0.25, -0.2) is 14.5 Å². The van der Waals surface area contributed by atoms with Crippen LogP contribution in [0.2, 0.25) is 0 Å². The molecule has 0 bridgehead atoms. The molecule has 0 fully saturated rings. The minimum atomic E-state index is -1.11. The van der Waals surface area contributed by atoms with Crippen LogP contribution in [-0.2, 0) is 24.3 Å². The summed E-state index contributed by atoms with van der Waals surface area (Å²) < 4.78 is 10.2. The Kier molecular flexibility index (Phi) is 11.1. The van der Waals surface area contributed by atoms with Crippen LogP contribution in [0, 0.1) is 12.8 Å². The molecule has 1 aromatic rings. The summed E-state index contributed by atoms with van der Waals surface area (Å²) in [5.41, 5.74) is 1.02. The first kappa shape index (κ1) is 21.9. The van der Waals surface area contributed by atoms with Crippen molar-refractivity contribution in [2.45, 2.75) is 46.5 Å². The van der Waals surface area contributed by atoms with E-state index in [0.29, 0.717) is 23.7 Å². The van der Waals surface area contributed by atoms with Gasteiger partial charge < -0.3 is 9.47 Å². The van der Waals surface area contributed by atoms with Crippen molar-refractivity contribution in [3.05, 3.63) is 35.4 Å². The van der Waals surface area contributed by atoms with Crippen LogP contribution in [0.25, 0.3) is 0 Å². The molecule has 7 nitrogen and oxygen atoms in total. The summed E-state index contributed by atoms with van der Waals surface area (Å²) in [6.45, 7) is 6.97. The molecule has 0 saturated heterocycles. The van der Waals surface area contributed by atoms with Crippen LogP contribution in [0.3, 0.4) is 0 Å². The van der Waals surface area contributed by atoms with Crippen molar-refractivity contribution in [2.75, 3.05) is 19.8 Å². The van der Waals surface area contributed by atoms with Crippen molar-refractivity contribution in [3.63, 3.8) is 0 Å². The molecule has 0 aromatic heterocycles. The summed E-state index contributed by atoms with van der Waals surface area (Å²) in [7, 11) is 0. The molecule has 1 unspecified atom stereocenters. The number of carbonyl (C=O) groups excluding carboxylic acids is 2. The Morgan fingerprint density at radius 1 is 1.08 bits per heavy atom. The Morgan fingerprint density at radius 2 is 1.85 bits per heavy atom. The molecule has 0 aliphatic heterocycles. The summed E-state index contributed by atoms with van der Waals surface area (Å²) in [5, 5.41) is 4.16. The third-order valence-corrected chi connectivity index (χ3v) is 3.92. The molecule has 146 valence electrons. The third-order valence-electron chi connectivity index (χ3n) is 3.92. The standard InChI is InChI=1S/C19H28O7/c1-4-6-10-16(5-2)14-22-12-13-23-19(21)25-26-24-18(20)17-11-8-7-9-15(17)3/h7-9,11,16H,4-6,10,12-14H2,1-3H3. The maximum absolute atomic E-state index is 11.7. The quantitative estimate of drug-likeness (QED) is 0.234. The van der Waals surface area contributed by atoms with Gasteiger partial charge in [0.05, 0.1) is 17.2 Å². The third kappa shape index (κ3) is 8.82. The van der Waals surface area contributed by atoms with Crippen molar-refractivity contribution >= 4 is 12.1 Å². The maximum Gasteiger partial charge on any atom is 0.543 e. The minimum Gasteiger partial charge on any atom is -0.430 e. The Labute approximate surface area is 154 Å². The monoisotopic (exact) mass is 368 g/mol. The zero-order chi connectivity index (χ0) is 19.2. The fraction of sp³-hybridized carbons (Fsp3) is 0.579. The molecule has 0 saturated carbocycles. The van der Waals surface area contributed by atoms with Crippen molar-refractivity contribution < 1.29 is 33.9 Å². The van der Waals surface area contributed by atoms with Gasteiger partial charge in [0.25, 0.3) is 0 Å². The van der Waals surface area contributed by atoms with Crippen molar-refractivity contribution in [2.24, 2.45) is 5.92 Å². The van der Waals surface area contributed by atoms with E-state index in [1.165, 1.54) is 12.8 Å². The average Bonchev–Trinajstić information content (AvgIpc) is 2.64. The van der Waals surface area contributed by atoms with Gasteiger partial charge in [0.2, 0.25) is 0 Å². The normalized spacial score (nSPS) is 11.7. The molecular formula is C19H28O7. The van der Waals surface area contributed by atoms with E-state index in [-0.39, 0.29) is 13.2 Å². The predicted molar refractivity (Wildman–Crippen MR) is 94.2 cm³/mol. The molecule has 1 rings (SSSR count). The number of ether oxygens (including phenoxy) is 2. The Balaban J connectivity index is 2.10. The lowest BCUT2D eigenvalue weighted by molar-refractivity contribution is -0.452. The zero-order valence-electron chi connectivity index (χ0n) is 15.7. The highest BCUT2D eigenvalue weighted by Crippen LogP contribution is 2.12. The first-order valence-electron chi connectivity index (χ1n) is 8.94. The first-order valence-corrected chi connectivity index (χ1v) is 8.94. The first-order chi connectivity index (χ1) is 12.6. The molecule has 0 N–H and O–H groups in total. The lowest BCUT2D eigenvalue weighted by Crippen LogP contribution is -2.16. The molecule has 0 aliphatic carbocycles. The summed E-state index contributed by atoms with van der Waals surface area (Å²) in [6.07, 6.45) is 3.44. The predicted octanol–water partition coefficient (Wildman–Crippen LogP) is 4.38. The average molecular weight is 368 g/mol. The molecule has 0 radical (unpaired) electrons. The molecule has 0 spiro atoms. The van der Waals surface area contributed by atoms with E-state index in [0.717, 1.165) is 12.8 Å². The summed E-state index contributed by atoms with van der Waals surface area (Å²) in [6, 6.07) is 6.79. The van der Waals surface area contributed by atoms with Crippen LogP contribution >= 0.6 is 0 Å². The van der Waals surface area contributed by atoms with Crippen molar-refractivity contribution in [3.8, 4) is 0 Å². The second-order valence-electron chi connectivity index (χ2n) is 5.93. The number of rotatable bonds is 12. The molecule has 7 heteroatoms. The Hall–Kier alpha value is -2.12. The van der Waals surface area contributed by atoms with Gasteiger partial charge in [-0.2, -0.15) is 0 Å². The number of hydrogen-bond donors (Lipinski definition) is 0. The minimum absolute atomic E-state index is 0.0259. The van der Waals surface area contributed by atoms with Crippen molar-refractivity contribution in [1.29, 1.82) is 0 Å². The molecule has 26 heavy (non-hydrogen) atoms. The van der Waals surface area contributed by atoms with Crippen LogP contribution in [-0.4, -0.2) is 31.9 Å². The smallest absolute Gasteiger partial charge is 0.430 e. The van der Waals surface area contributed by atoms with Gasteiger partial charge in [-0.05, 0) is 30.9 Å². The number of aryl methyl sites for hydroxylation is 1. The number of hydrogen-bond acceptors (Lipinski definition) is 7. The topological polar surface area (TPSA) is 80.3 Å². The number of unbranched alkanes of at least 4 members (excludes halogenated alkanes) is 1. The van der Waals surface area contributed by atoms with Gasteiger partial charge >= 0.3 is 12.1 Å². The molecule has 1 aromatic carbocycles. The van der Waals surface area contributed by atoms with Crippen LogP contribution in [0.4, 0.5) is 4.79 Å². The Bertz CT molecular complexity index is 544. The van der Waals surface area contributed by atoms with Crippen LogP contribution in [0.15, 0.2) is 24.3 Å². The van der Waals surface area contributed by atoms with E-state index in [1.807, 2.05) is 0 Å². The highest BCUT2D eigenvalue weighted by atomic mass is 17.5. The van der Waals surface area contributed by atoms with E-state index in [1.54, 1.807) is 31.2 Å². The van der Waals surface area contributed by atoms with Crippen LogP contribution in [0.1, 0.15) is 55.5 Å². The summed E-state index contributed by atoms with van der Waals surface area (Å²) >= 11 is 0. The maximum atomic E-state index is 11.7. The van der Waals surface area contributed by atoms with Gasteiger partial charge in [0, 0.05) is 6.61 Å². The Morgan fingerprint density at radius 3 is 2.54 bits per heavy atom. The van der Waals surface area contributed by atoms with Crippen molar-refractivity contribution in [1.82, 2.24) is 0 Å². The number of carbonyl (C=O) groups is 2. The molecule has 1 atom stereocenters. The van der Waals surface area contributed by atoms with Crippen LogP contribution in [0.5, 0.6) is 0 Å². The zero-order valence-corrected chi connectivity index (χ0v) is 15.7. The lowest BCUT2D eigenvalue weighted by Gasteiger charge is -2.14.